The lowest BCUT2D eigenvalue weighted by molar-refractivity contribution is -0.0172. The Morgan fingerprint density at radius 2 is 2.07 bits per heavy atom. The van der Waals surface area contributed by atoms with E-state index in [2.05, 4.69) is 4.98 Å². The Labute approximate surface area is 85.8 Å². The van der Waals surface area contributed by atoms with Crippen LogP contribution in [0.4, 0.5) is 5.69 Å². The number of hydrogen-bond acceptors (Lipinski definition) is 5. The second-order valence-electron chi connectivity index (χ2n) is 2.81. The van der Waals surface area contributed by atoms with Crippen molar-refractivity contribution in [2.75, 3.05) is 12.3 Å². The maximum Gasteiger partial charge on any atom is 0.152 e. The van der Waals surface area contributed by atoms with Gasteiger partial charge in [0, 0.05) is 0 Å². The molecule has 0 saturated heterocycles. The lowest BCUT2D eigenvalue weighted by Gasteiger charge is -2.15. The fourth-order valence-electron chi connectivity index (χ4n) is 0.921. The average molecular weight is 219 g/mol. The van der Waals surface area contributed by atoms with Crippen molar-refractivity contribution >= 4 is 17.3 Å². The molecule has 0 aliphatic carbocycles. The predicted octanol–water partition coefficient (Wildman–Crippen LogP) is -0.296. The van der Waals surface area contributed by atoms with Crippen molar-refractivity contribution in [2.45, 2.75) is 12.2 Å². The Morgan fingerprint density at radius 1 is 1.43 bits per heavy atom. The molecule has 0 saturated carbocycles. The zero-order valence-electron chi connectivity index (χ0n) is 7.26. The first kappa shape index (κ1) is 11.2. The Balaban J connectivity index is 2.91. The van der Waals surface area contributed by atoms with Crippen LogP contribution in [0.25, 0.3) is 0 Å². The predicted molar refractivity (Wildman–Crippen MR) is 51.7 cm³/mol. The zero-order valence-corrected chi connectivity index (χ0v) is 8.02. The first-order valence-corrected chi connectivity index (χ1v) is 4.33. The molecule has 78 valence electrons. The van der Waals surface area contributed by atoms with Gasteiger partial charge in [0.05, 0.1) is 18.0 Å². The molecule has 0 amide bonds. The van der Waals surface area contributed by atoms with Gasteiger partial charge in [-0.3, -0.25) is 0 Å². The van der Waals surface area contributed by atoms with E-state index < -0.39 is 18.8 Å². The summed E-state index contributed by atoms with van der Waals surface area (Å²) in [5.41, 5.74) is 5.87. The standard InChI is InChI=1S/C8H11ClN2O3/c9-8-4(10)1-2-5(11-8)7(14)6(13)3-12/h1-2,6-7,12-14H,3,10H2. The van der Waals surface area contributed by atoms with Crippen LogP contribution < -0.4 is 5.73 Å². The quantitative estimate of drug-likeness (QED) is 0.523. The molecule has 0 spiro atoms. The molecule has 0 bridgehead atoms. The number of aromatic nitrogens is 1. The highest BCUT2D eigenvalue weighted by atomic mass is 35.5. The molecule has 2 unspecified atom stereocenters. The van der Waals surface area contributed by atoms with Crippen LogP contribution in [-0.4, -0.2) is 33.0 Å². The monoisotopic (exact) mass is 218 g/mol. The van der Waals surface area contributed by atoms with Crippen molar-refractivity contribution < 1.29 is 15.3 Å². The van der Waals surface area contributed by atoms with Crippen LogP contribution in [-0.2, 0) is 0 Å². The van der Waals surface area contributed by atoms with Crippen molar-refractivity contribution in [3.8, 4) is 0 Å². The SMILES string of the molecule is Nc1ccc(C(O)C(O)CO)nc1Cl. The van der Waals surface area contributed by atoms with Crippen molar-refractivity contribution in [2.24, 2.45) is 0 Å². The van der Waals surface area contributed by atoms with Gasteiger partial charge in [-0.2, -0.15) is 0 Å². The van der Waals surface area contributed by atoms with Crippen LogP contribution in [0.5, 0.6) is 0 Å². The van der Waals surface area contributed by atoms with Crippen molar-refractivity contribution in [1.29, 1.82) is 0 Å². The Hall–Kier alpha value is -0.880. The first-order chi connectivity index (χ1) is 6.56. The molecular weight excluding hydrogens is 208 g/mol. The van der Waals surface area contributed by atoms with Gasteiger partial charge in [0.2, 0.25) is 0 Å². The highest BCUT2D eigenvalue weighted by Gasteiger charge is 2.19. The maximum absolute atomic E-state index is 9.43. The smallest absolute Gasteiger partial charge is 0.152 e. The third kappa shape index (κ3) is 2.33. The van der Waals surface area contributed by atoms with Crippen LogP contribution in [0.3, 0.4) is 0 Å². The summed E-state index contributed by atoms with van der Waals surface area (Å²) < 4.78 is 0. The molecule has 2 atom stereocenters. The number of nitrogens with two attached hydrogens (primary N) is 1. The largest absolute Gasteiger partial charge is 0.396 e. The second-order valence-corrected chi connectivity index (χ2v) is 3.17. The molecule has 5 N–H and O–H groups in total. The Bertz CT molecular complexity index is 321. The van der Waals surface area contributed by atoms with Crippen molar-refractivity contribution in [1.82, 2.24) is 4.98 Å². The van der Waals surface area contributed by atoms with Crippen LogP contribution in [0.1, 0.15) is 11.8 Å². The summed E-state index contributed by atoms with van der Waals surface area (Å²) in [5, 5.41) is 27.2. The number of halogens is 1. The molecular formula is C8H11ClN2O3. The third-order valence-electron chi connectivity index (χ3n) is 1.75. The van der Waals surface area contributed by atoms with E-state index in [1.165, 1.54) is 12.1 Å². The summed E-state index contributed by atoms with van der Waals surface area (Å²) in [5.74, 6) is 0. The van der Waals surface area contributed by atoms with E-state index in [4.69, 9.17) is 27.5 Å². The normalized spacial score (nSPS) is 15.1. The number of aliphatic hydroxyl groups is 3. The molecule has 6 heteroatoms. The average Bonchev–Trinajstić information content (AvgIpc) is 2.20. The summed E-state index contributed by atoms with van der Waals surface area (Å²) in [6.07, 6.45) is -2.54. The molecule has 1 aromatic heterocycles. The number of nitrogens with zero attached hydrogens (tertiary/aromatic N) is 1. The van der Waals surface area contributed by atoms with Crippen LogP contribution in [0, 0.1) is 0 Å². The van der Waals surface area contributed by atoms with Gasteiger partial charge in [-0.1, -0.05) is 11.6 Å². The van der Waals surface area contributed by atoms with Crippen molar-refractivity contribution in [3.05, 3.63) is 23.0 Å². The molecule has 5 nitrogen and oxygen atoms in total. The number of anilines is 1. The minimum atomic E-state index is -1.28. The van der Waals surface area contributed by atoms with E-state index in [0.29, 0.717) is 5.69 Å². The molecule has 0 radical (unpaired) electrons. The van der Waals surface area contributed by atoms with Gasteiger partial charge in [0.15, 0.2) is 5.15 Å². The Morgan fingerprint density at radius 3 is 2.57 bits per heavy atom. The number of pyridine rings is 1. The van der Waals surface area contributed by atoms with Gasteiger partial charge in [-0.25, -0.2) is 4.98 Å². The van der Waals surface area contributed by atoms with E-state index in [0.717, 1.165) is 0 Å². The summed E-state index contributed by atoms with van der Waals surface area (Å²) >= 11 is 5.61. The van der Waals surface area contributed by atoms with E-state index in [9.17, 15) is 5.11 Å². The molecule has 0 aliphatic rings. The number of rotatable bonds is 3. The van der Waals surface area contributed by atoms with Gasteiger partial charge in [0.25, 0.3) is 0 Å². The molecule has 1 heterocycles. The van der Waals surface area contributed by atoms with Crippen LogP contribution in [0.15, 0.2) is 12.1 Å². The molecule has 0 fully saturated rings. The lowest BCUT2D eigenvalue weighted by atomic mass is 10.1. The van der Waals surface area contributed by atoms with Crippen LogP contribution in [0.2, 0.25) is 5.15 Å². The van der Waals surface area contributed by atoms with E-state index in [1.807, 2.05) is 0 Å². The topological polar surface area (TPSA) is 99.6 Å². The summed E-state index contributed by atoms with van der Waals surface area (Å²) in [6, 6.07) is 2.91. The lowest BCUT2D eigenvalue weighted by Crippen LogP contribution is -2.22. The molecule has 0 aromatic carbocycles. The molecule has 1 aromatic rings. The van der Waals surface area contributed by atoms with E-state index >= 15 is 0 Å². The first-order valence-electron chi connectivity index (χ1n) is 3.95. The molecule has 1 rings (SSSR count). The maximum atomic E-state index is 9.43. The number of nitrogen functional groups attached to an aromatic ring is 1. The van der Waals surface area contributed by atoms with Gasteiger partial charge in [-0.05, 0) is 12.1 Å². The fourth-order valence-corrected chi connectivity index (χ4v) is 1.08. The summed E-state index contributed by atoms with van der Waals surface area (Å²) in [7, 11) is 0. The van der Waals surface area contributed by atoms with Crippen molar-refractivity contribution in [3.63, 3.8) is 0 Å². The van der Waals surface area contributed by atoms with Gasteiger partial charge in [-0.15, -0.1) is 0 Å². The number of aliphatic hydroxyl groups excluding tert-OH is 3. The Kier molecular flexibility index (Phi) is 3.65. The van der Waals surface area contributed by atoms with Gasteiger partial charge < -0.3 is 21.1 Å². The minimum Gasteiger partial charge on any atom is -0.396 e. The zero-order chi connectivity index (χ0) is 10.7. The van der Waals surface area contributed by atoms with Gasteiger partial charge >= 0.3 is 0 Å². The molecule has 0 aliphatic heterocycles. The minimum absolute atomic E-state index is 0.0617. The van der Waals surface area contributed by atoms with Crippen LogP contribution >= 0.6 is 11.6 Å². The third-order valence-corrected chi connectivity index (χ3v) is 2.06. The summed E-state index contributed by atoms with van der Waals surface area (Å²) in [4.78, 5) is 3.76. The highest BCUT2D eigenvalue weighted by Crippen LogP contribution is 2.21. The summed E-state index contributed by atoms with van der Waals surface area (Å²) in [6.45, 7) is -0.551. The molecule has 14 heavy (non-hydrogen) atoms. The fraction of sp³-hybridized carbons (Fsp3) is 0.375. The van der Waals surface area contributed by atoms with Gasteiger partial charge in [0.1, 0.15) is 12.2 Å². The second kappa shape index (κ2) is 4.56. The van der Waals surface area contributed by atoms with E-state index in [-0.39, 0.29) is 10.8 Å². The highest BCUT2D eigenvalue weighted by molar-refractivity contribution is 6.31. The van der Waals surface area contributed by atoms with E-state index in [1.54, 1.807) is 0 Å². The number of hydrogen-bond donors (Lipinski definition) is 4.